The van der Waals surface area contributed by atoms with Crippen molar-refractivity contribution in [3.63, 3.8) is 0 Å². The van der Waals surface area contributed by atoms with E-state index in [0.29, 0.717) is 53.1 Å². The largest absolute Gasteiger partial charge is 0.507 e. The zero-order valence-electron chi connectivity index (χ0n) is 26.5. The van der Waals surface area contributed by atoms with Crippen LogP contribution in [0, 0.1) is 6.92 Å². The number of nitrogens with zero attached hydrogens (tertiary/aromatic N) is 4. The number of phenols is 1. The molecule has 0 unspecified atom stereocenters. The van der Waals surface area contributed by atoms with Crippen molar-refractivity contribution in [3.8, 4) is 16.3 Å². The first kappa shape index (κ1) is 33.2. The first-order chi connectivity index (χ1) is 23.7. The van der Waals surface area contributed by atoms with Gasteiger partial charge in [0.05, 0.1) is 18.5 Å². The van der Waals surface area contributed by atoms with Crippen molar-refractivity contribution >= 4 is 58.1 Å². The van der Waals surface area contributed by atoms with Gasteiger partial charge in [-0.05, 0) is 55.0 Å². The lowest BCUT2D eigenvalue weighted by molar-refractivity contribution is -0.122. The summed E-state index contributed by atoms with van der Waals surface area (Å²) in [6.07, 6.45) is 2.09. The lowest BCUT2D eigenvalue weighted by Gasteiger charge is -2.33. The molecule has 0 atom stereocenters. The van der Waals surface area contributed by atoms with Crippen LogP contribution < -0.4 is 21.7 Å². The average molecular weight is 680 g/mol. The van der Waals surface area contributed by atoms with E-state index in [2.05, 4.69) is 31.0 Å². The Morgan fingerprint density at radius 3 is 2.53 bits per heavy atom. The molecule has 3 amide bonds. The third kappa shape index (κ3) is 8.61. The number of amides is 3. The Labute approximate surface area is 284 Å². The number of aromatic hydroxyl groups is 1. The minimum absolute atomic E-state index is 0.115. The van der Waals surface area contributed by atoms with Gasteiger partial charge in [-0.3, -0.25) is 19.4 Å². The number of hydrogen-bond donors (Lipinski definition) is 4. The van der Waals surface area contributed by atoms with Gasteiger partial charge in [0.1, 0.15) is 22.6 Å². The Morgan fingerprint density at radius 1 is 1.00 bits per heavy atom. The summed E-state index contributed by atoms with van der Waals surface area (Å²) in [4.78, 5) is 56.6. The highest BCUT2D eigenvalue weighted by Crippen LogP contribution is 2.27. The molecule has 1 fully saturated rings. The number of phenolic OH excluding ortho intramolecular Hbond substituents is 1. The number of aryl methyl sites for hydroxylation is 1. The molecule has 14 heteroatoms. The molecule has 0 saturated carbocycles. The molecule has 4 N–H and O–H groups in total. The molecule has 2 aromatic heterocycles. The molecule has 250 valence electrons. The number of aromatic nitrogens is 1. The smallest absolute Gasteiger partial charge is 0.336 e. The Balaban J connectivity index is 0.936. The molecular formula is C35H33N7O6S. The van der Waals surface area contributed by atoms with Crippen LogP contribution in [-0.2, 0) is 11.3 Å². The second-order valence-corrected chi connectivity index (χ2v) is 12.4. The quantitative estimate of drug-likeness (QED) is 0.0710. The van der Waals surface area contributed by atoms with Gasteiger partial charge in [-0.1, -0.05) is 12.1 Å². The zero-order valence-corrected chi connectivity index (χ0v) is 27.3. The van der Waals surface area contributed by atoms with E-state index in [1.165, 1.54) is 18.3 Å². The molecule has 0 radical (unpaired) electrons. The van der Waals surface area contributed by atoms with Crippen LogP contribution in [0.4, 0.5) is 16.2 Å². The van der Waals surface area contributed by atoms with Crippen LogP contribution >= 0.6 is 11.3 Å². The monoisotopic (exact) mass is 679 g/mol. The number of nitrogens with one attached hydrogen (secondary N) is 3. The van der Waals surface area contributed by atoms with Crippen molar-refractivity contribution in [1.82, 2.24) is 20.2 Å². The summed E-state index contributed by atoms with van der Waals surface area (Å²) < 4.78 is 5.14. The number of piperazine rings is 1. The predicted octanol–water partition coefficient (Wildman–Crippen LogP) is 4.65. The van der Waals surface area contributed by atoms with Crippen LogP contribution in [0.1, 0.15) is 27.2 Å². The van der Waals surface area contributed by atoms with Crippen molar-refractivity contribution in [3.05, 3.63) is 105 Å². The van der Waals surface area contributed by atoms with E-state index in [9.17, 15) is 24.3 Å². The highest BCUT2D eigenvalue weighted by Gasteiger charge is 2.20. The van der Waals surface area contributed by atoms with Gasteiger partial charge in [0, 0.05) is 83.7 Å². The van der Waals surface area contributed by atoms with Gasteiger partial charge in [0.15, 0.2) is 0 Å². The van der Waals surface area contributed by atoms with Crippen molar-refractivity contribution in [2.75, 3.05) is 43.4 Å². The summed E-state index contributed by atoms with van der Waals surface area (Å²) in [5, 5.41) is 23.4. The van der Waals surface area contributed by atoms with Crippen molar-refractivity contribution in [1.29, 1.82) is 0 Å². The van der Waals surface area contributed by atoms with E-state index in [1.807, 2.05) is 29.6 Å². The normalized spacial score (nSPS) is 13.8. The first-order valence-electron chi connectivity index (χ1n) is 15.4. The Bertz CT molecular complexity index is 2080. The molecule has 0 bridgehead atoms. The van der Waals surface area contributed by atoms with E-state index < -0.39 is 11.7 Å². The minimum atomic E-state index is -0.490. The first-order valence-corrected chi connectivity index (χ1v) is 16.3. The average Bonchev–Trinajstić information content (AvgIpc) is 3.55. The van der Waals surface area contributed by atoms with Gasteiger partial charge >= 0.3 is 11.7 Å². The summed E-state index contributed by atoms with van der Waals surface area (Å²) in [5.41, 5.74) is 6.95. The number of fused-ring (bicyclic) bond motifs is 1. The summed E-state index contributed by atoms with van der Waals surface area (Å²) in [7, 11) is 0. The Morgan fingerprint density at radius 2 is 1.76 bits per heavy atom. The molecule has 0 aliphatic carbocycles. The number of carbonyl (C=O) groups excluding carboxylic acids is 3. The summed E-state index contributed by atoms with van der Waals surface area (Å²) >= 11 is 1.56. The maximum atomic E-state index is 12.5. The highest BCUT2D eigenvalue weighted by atomic mass is 32.1. The van der Waals surface area contributed by atoms with Crippen molar-refractivity contribution < 1.29 is 23.9 Å². The number of rotatable bonds is 10. The maximum absolute atomic E-state index is 12.5. The summed E-state index contributed by atoms with van der Waals surface area (Å²) in [6, 6.07) is 18.1. The van der Waals surface area contributed by atoms with Crippen molar-refractivity contribution in [2.45, 2.75) is 13.5 Å². The van der Waals surface area contributed by atoms with Gasteiger partial charge < -0.3 is 20.2 Å². The molecule has 3 aromatic carbocycles. The van der Waals surface area contributed by atoms with Crippen molar-refractivity contribution in [2.24, 2.45) is 5.10 Å². The number of aldehydes is 1. The topological polar surface area (TPSA) is 169 Å². The fourth-order valence-electron chi connectivity index (χ4n) is 5.41. The molecule has 0 spiro atoms. The lowest BCUT2D eigenvalue weighted by atomic mass is 10.1. The van der Waals surface area contributed by atoms with Crippen LogP contribution in [0.2, 0.25) is 0 Å². The zero-order chi connectivity index (χ0) is 34.3. The summed E-state index contributed by atoms with van der Waals surface area (Å²) in [6.45, 7) is 5.67. The molecule has 5 aromatic rings. The number of thiazole rings is 1. The van der Waals surface area contributed by atoms with Gasteiger partial charge in [-0.15, -0.1) is 11.3 Å². The molecule has 13 nitrogen and oxygen atoms in total. The predicted molar refractivity (Wildman–Crippen MR) is 188 cm³/mol. The SMILES string of the molecule is Cc1cc(=O)oc2cc(O)c(/C=N/NC(=O)CN3CCN(Cc4csc(-c5ccc(NC(=O)Nc6cccc(C=O)c6)cc5)n4)CC3)cc12. The van der Waals surface area contributed by atoms with Crippen LogP contribution in [-0.4, -0.2) is 77.1 Å². The van der Waals surface area contributed by atoms with E-state index >= 15 is 0 Å². The molecule has 1 aliphatic heterocycles. The van der Waals surface area contributed by atoms with E-state index in [1.54, 1.807) is 48.6 Å². The lowest BCUT2D eigenvalue weighted by Crippen LogP contribution is -2.48. The fraction of sp³-hybridized carbons (Fsp3) is 0.200. The standard InChI is InChI=1S/C35H33N7O6S/c1-22-13-33(46)48-31-16-30(44)25(15-29(22)31)17-36-40-32(45)19-42-11-9-41(10-12-42)18-28-21-49-34(37-28)24-5-7-26(8-6-24)38-35(47)39-27-4-2-3-23(14-27)20-43/h2-8,13-17,20-21,44H,9-12,18-19H2,1H3,(H,40,45)(H2,38,39,47)/b36-17+. The van der Waals surface area contributed by atoms with E-state index in [4.69, 9.17) is 9.40 Å². The Hall–Kier alpha value is -5.70. The highest BCUT2D eigenvalue weighted by molar-refractivity contribution is 7.13. The molecule has 3 heterocycles. The molecular weight excluding hydrogens is 646 g/mol. The van der Waals surface area contributed by atoms with E-state index in [0.717, 1.165) is 35.6 Å². The minimum Gasteiger partial charge on any atom is -0.507 e. The Kier molecular flexibility index (Phi) is 10.2. The van der Waals surface area contributed by atoms with Gasteiger partial charge in [0.25, 0.3) is 5.91 Å². The number of hydrazone groups is 1. The van der Waals surface area contributed by atoms with E-state index in [-0.39, 0.29) is 23.8 Å². The third-order valence-electron chi connectivity index (χ3n) is 7.93. The van der Waals surface area contributed by atoms with Crippen LogP contribution in [0.15, 0.2) is 86.4 Å². The molecule has 1 saturated heterocycles. The van der Waals surface area contributed by atoms with Gasteiger partial charge in [-0.2, -0.15) is 5.10 Å². The second-order valence-electron chi connectivity index (χ2n) is 11.5. The molecule has 49 heavy (non-hydrogen) atoms. The van der Waals surface area contributed by atoms with Gasteiger partial charge in [-0.25, -0.2) is 20.0 Å². The number of hydrogen-bond acceptors (Lipinski definition) is 11. The molecule has 1 aliphatic rings. The van der Waals surface area contributed by atoms with Crippen LogP contribution in [0.5, 0.6) is 5.75 Å². The number of urea groups is 1. The summed E-state index contributed by atoms with van der Waals surface area (Å²) in [5.74, 6) is -0.377. The van der Waals surface area contributed by atoms with Crippen LogP contribution in [0.25, 0.3) is 21.5 Å². The fourth-order valence-corrected chi connectivity index (χ4v) is 6.23. The number of benzene rings is 3. The molecule has 6 rings (SSSR count). The second kappa shape index (κ2) is 15.0. The van der Waals surface area contributed by atoms with Gasteiger partial charge in [0.2, 0.25) is 0 Å². The maximum Gasteiger partial charge on any atom is 0.336 e. The number of carbonyl (C=O) groups is 3. The van der Waals surface area contributed by atoms with Crippen LogP contribution in [0.3, 0.4) is 0 Å². The number of anilines is 2. The third-order valence-corrected chi connectivity index (χ3v) is 8.87.